The highest BCUT2D eigenvalue weighted by atomic mass is 32.2. The standard InChI is InChI=1S/C22H29N3O3S/c1-3-29(27,28)25-17-19-11-8-7-10-18(19)16-21(25)22(26)23-14-9-15-24(2)20-12-5-4-6-13-20/h4-8,10-13,21H,3,9,14-17H2,1-2H3,(H,23,26)/t21-/m1/s1. The topological polar surface area (TPSA) is 69.7 Å². The van der Waals surface area contributed by atoms with Crippen LogP contribution >= 0.6 is 0 Å². The lowest BCUT2D eigenvalue weighted by Gasteiger charge is -2.34. The first kappa shape index (κ1) is 21.3. The summed E-state index contributed by atoms with van der Waals surface area (Å²) < 4.78 is 26.6. The van der Waals surface area contributed by atoms with Crippen LogP contribution in [0.15, 0.2) is 54.6 Å². The molecular weight excluding hydrogens is 386 g/mol. The average molecular weight is 416 g/mol. The zero-order valence-electron chi connectivity index (χ0n) is 17.0. The van der Waals surface area contributed by atoms with Gasteiger partial charge in [0.15, 0.2) is 0 Å². The summed E-state index contributed by atoms with van der Waals surface area (Å²) in [6.07, 6.45) is 1.19. The van der Waals surface area contributed by atoms with E-state index in [1.807, 2.05) is 61.6 Å². The minimum absolute atomic E-state index is 0.0131. The van der Waals surface area contributed by atoms with Crippen molar-refractivity contribution < 1.29 is 13.2 Å². The van der Waals surface area contributed by atoms with E-state index >= 15 is 0 Å². The lowest BCUT2D eigenvalue weighted by Crippen LogP contribution is -2.53. The number of carbonyl (C=O) groups is 1. The van der Waals surface area contributed by atoms with Crippen LogP contribution in [0.2, 0.25) is 0 Å². The van der Waals surface area contributed by atoms with Gasteiger partial charge in [-0.05, 0) is 43.0 Å². The number of nitrogens with one attached hydrogen (secondary N) is 1. The Labute approximate surface area is 173 Å². The minimum Gasteiger partial charge on any atom is -0.375 e. The Kier molecular flexibility index (Phi) is 6.92. The van der Waals surface area contributed by atoms with Crippen molar-refractivity contribution in [1.29, 1.82) is 0 Å². The van der Waals surface area contributed by atoms with Crippen LogP contribution in [0.3, 0.4) is 0 Å². The molecule has 2 aromatic carbocycles. The molecule has 1 amide bonds. The van der Waals surface area contributed by atoms with E-state index in [0.29, 0.717) is 13.0 Å². The molecule has 0 aromatic heterocycles. The molecule has 0 saturated carbocycles. The van der Waals surface area contributed by atoms with Crippen LogP contribution in [-0.4, -0.2) is 50.6 Å². The van der Waals surface area contributed by atoms with Gasteiger partial charge in [0, 0.05) is 32.4 Å². The number of rotatable bonds is 8. The maximum Gasteiger partial charge on any atom is 0.238 e. The molecule has 0 spiro atoms. The SMILES string of the molecule is CCS(=O)(=O)N1Cc2ccccc2C[C@@H]1C(=O)NCCCN(C)c1ccccc1. The number of nitrogens with zero attached hydrogens (tertiary/aromatic N) is 2. The van der Waals surface area contributed by atoms with E-state index in [1.165, 1.54) is 4.31 Å². The van der Waals surface area contributed by atoms with Crippen molar-refractivity contribution >= 4 is 21.6 Å². The molecule has 7 heteroatoms. The van der Waals surface area contributed by atoms with Crippen molar-refractivity contribution in [2.45, 2.75) is 32.4 Å². The van der Waals surface area contributed by atoms with Gasteiger partial charge in [0.1, 0.15) is 6.04 Å². The third-order valence-electron chi connectivity index (χ3n) is 5.40. The molecule has 6 nitrogen and oxygen atoms in total. The zero-order chi connectivity index (χ0) is 20.9. The zero-order valence-corrected chi connectivity index (χ0v) is 17.9. The molecule has 1 atom stereocenters. The molecule has 0 radical (unpaired) electrons. The van der Waals surface area contributed by atoms with Crippen LogP contribution in [0.25, 0.3) is 0 Å². The van der Waals surface area contributed by atoms with E-state index in [9.17, 15) is 13.2 Å². The number of para-hydroxylation sites is 1. The van der Waals surface area contributed by atoms with E-state index < -0.39 is 16.1 Å². The molecule has 1 heterocycles. The second kappa shape index (κ2) is 9.41. The third-order valence-corrected chi connectivity index (χ3v) is 7.22. The highest BCUT2D eigenvalue weighted by molar-refractivity contribution is 7.89. The van der Waals surface area contributed by atoms with Crippen molar-refractivity contribution in [1.82, 2.24) is 9.62 Å². The van der Waals surface area contributed by atoms with E-state index in [2.05, 4.69) is 10.2 Å². The van der Waals surface area contributed by atoms with Gasteiger partial charge in [-0.1, -0.05) is 42.5 Å². The molecule has 0 aliphatic carbocycles. The lowest BCUT2D eigenvalue weighted by atomic mass is 9.95. The Morgan fingerprint density at radius 2 is 1.76 bits per heavy atom. The maximum absolute atomic E-state index is 12.9. The van der Waals surface area contributed by atoms with Gasteiger partial charge in [0.2, 0.25) is 15.9 Å². The summed E-state index contributed by atoms with van der Waals surface area (Å²) in [6.45, 7) is 3.17. The molecule has 3 rings (SSSR count). The first-order chi connectivity index (χ1) is 13.9. The van der Waals surface area contributed by atoms with Crippen LogP contribution in [0.1, 0.15) is 24.5 Å². The van der Waals surface area contributed by atoms with Gasteiger partial charge in [0.25, 0.3) is 0 Å². The molecule has 1 aliphatic rings. The van der Waals surface area contributed by atoms with Crippen molar-refractivity contribution in [3.05, 3.63) is 65.7 Å². The number of sulfonamides is 1. The summed E-state index contributed by atoms with van der Waals surface area (Å²) in [5.41, 5.74) is 3.14. The fourth-order valence-electron chi connectivity index (χ4n) is 3.64. The van der Waals surface area contributed by atoms with Crippen molar-refractivity contribution in [2.24, 2.45) is 0 Å². The Balaban J connectivity index is 1.60. The van der Waals surface area contributed by atoms with Gasteiger partial charge in [0.05, 0.1) is 5.75 Å². The van der Waals surface area contributed by atoms with Crippen LogP contribution < -0.4 is 10.2 Å². The molecule has 2 aromatic rings. The Hall–Kier alpha value is -2.38. The molecular formula is C22H29N3O3S. The molecule has 1 aliphatic heterocycles. The van der Waals surface area contributed by atoms with E-state index in [-0.39, 0.29) is 18.2 Å². The first-order valence-corrected chi connectivity index (χ1v) is 11.6. The second-order valence-electron chi connectivity index (χ2n) is 7.34. The largest absolute Gasteiger partial charge is 0.375 e. The fraction of sp³-hybridized carbons (Fsp3) is 0.409. The van der Waals surface area contributed by atoms with Gasteiger partial charge in [-0.25, -0.2) is 8.42 Å². The predicted octanol–water partition coefficient (Wildman–Crippen LogP) is 2.41. The summed E-state index contributed by atoms with van der Waals surface area (Å²) in [5.74, 6) is -0.236. The van der Waals surface area contributed by atoms with Gasteiger partial charge in [-0.3, -0.25) is 4.79 Å². The summed E-state index contributed by atoms with van der Waals surface area (Å²) in [5, 5.41) is 2.94. The summed E-state index contributed by atoms with van der Waals surface area (Å²) in [7, 11) is -1.46. The number of carbonyl (C=O) groups excluding carboxylic acids is 1. The highest BCUT2D eigenvalue weighted by Crippen LogP contribution is 2.26. The van der Waals surface area contributed by atoms with Crippen LogP contribution in [0.4, 0.5) is 5.69 Å². The third kappa shape index (κ3) is 5.16. The predicted molar refractivity (Wildman–Crippen MR) is 116 cm³/mol. The molecule has 156 valence electrons. The van der Waals surface area contributed by atoms with Crippen molar-refractivity contribution in [3.63, 3.8) is 0 Å². The van der Waals surface area contributed by atoms with Gasteiger partial charge in [-0.2, -0.15) is 4.31 Å². The first-order valence-electron chi connectivity index (χ1n) is 10.0. The summed E-state index contributed by atoms with van der Waals surface area (Å²) in [6, 6.07) is 17.1. The normalized spacial score (nSPS) is 16.8. The molecule has 0 fully saturated rings. The van der Waals surface area contributed by atoms with E-state index in [4.69, 9.17) is 0 Å². The van der Waals surface area contributed by atoms with Crippen LogP contribution in [-0.2, 0) is 27.8 Å². The number of benzene rings is 2. The van der Waals surface area contributed by atoms with Gasteiger partial charge in [-0.15, -0.1) is 0 Å². The van der Waals surface area contributed by atoms with Crippen molar-refractivity contribution in [2.75, 3.05) is 30.8 Å². The molecule has 1 N–H and O–H groups in total. The van der Waals surface area contributed by atoms with Crippen LogP contribution in [0.5, 0.6) is 0 Å². The second-order valence-corrected chi connectivity index (χ2v) is 9.55. The number of amides is 1. The molecule has 0 saturated heterocycles. The number of anilines is 1. The lowest BCUT2D eigenvalue weighted by molar-refractivity contribution is -0.125. The Bertz CT molecular complexity index is 931. The molecule has 0 bridgehead atoms. The minimum atomic E-state index is -3.47. The molecule has 29 heavy (non-hydrogen) atoms. The quantitative estimate of drug-likeness (QED) is 0.672. The number of hydrogen-bond acceptors (Lipinski definition) is 4. The summed E-state index contributed by atoms with van der Waals surface area (Å²) >= 11 is 0. The summed E-state index contributed by atoms with van der Waals surface area (Å²) in [4.78, 5) is 15.0. The smallest absolute Gasteiger partial charge is 0.238 e. The number of fused-ring (bicyclic) bond motifs is 1. The van der Waals surface area contributed by atoms with E-state index in [1.54, 1.807) is 6.92 Å². The monoisotopic (exact) mass is 415 g/mol. The average Bonchev–Trinajstić information content (AvgIpc) is 2.76. The van der Waals surface area contributed by atoms with Crippen molar-refractivity contribution in [3.8, 4) is 0 Å². The Morgan fingerprint density at radius 3 is 2.45 bits per heavy atom. The molecule has 0 unspecified atom stereocenters. The highest BCUT2D eigenvalue weighted by Gasteiger charge is 2.37. The number of hydrogen-bond donors (Lipinski definition) is 1. The maximum atomic E-state index is 12.9. The van der Waals surface area contributed by atoms with Gasteiger partial charge >= 0.3 is 0 Å². The van der Waals surface area contributed by atoms with Gasteiger partial charge < -0.3 is 10.2 Å². The van der Waals surface area contributed by atoms with E-state index in [0.717, 1.165) is 29.8 Å². The van der Waals surface area contributed by atoms with Crippen LogP contribution in [0, 0.1) is 0 Å². The Morgan fingerprint density at radius 1 is 1.10 bits per heavy atom. The fourth-order valence-corrected chi connectivity index (χ4v) is 4.86.